The van der Waals surface area contributed by atoms with E-state index in [1.165, 1.54) is 10.1 Å². The lowest BCUT2D eigenvalue weighted by Gasteiger charge is -2.17. The second-order valence-electron chi connectivity index (χ2n) is 8.26. The fourth-order valence-electron chi connectivity index (χ4n) is 4.57. The Labute approximate surface area is 195 Å². The number of aryl methyl sites for hydroxylation is 1. The Kier molecular flexibility index (Phi) is 5.60. The maximum atomic E-state index is 13.4. The van der Waals surface area contributed by atoms with Gasteiger partial charge in [-0.05, 0) is 53.8 Å². The molecule has 6 nitrogen and oxygen atoms in total. The van der Waals surface area contributed by atoms with Crippen LogP contribution in [0.1, 0.15) is 29.2 Å². The van der Waals surface area contributed by atoms with Crippen LogP contribution in [-0.2, 0) is 24.3 Å². The minimum absolute atomic E-state index is 0.0701. The molecule has 0 fully saturated rings. The Morgan fingerprint density at radius 1 is 0.970 bits per heavy atom. The average molecular weight is 460 g/mol. The molecule has 0 radical (unpaired) electrons. The number of amides is 1. The van der Waals surface area contributed by atoms with Crippen molar-refractivity contribution in [3.8, 4) is 0 Å². The van der Waals surface area contributed by atoms with E-state index in [4.69, 9.17) is 11.6 Å². The van der Waals surface area contributed by atoms with Crippen molar-refractivity contribution in [1.29, 1.82) is 0 Å². The van der Waals surface area contributed by atoms with E-state index in [9.17, 15) is 14.4 Å². The highest BCUT2D eigenvalue weighted by Gasteiger charge is 2.24. The van der Waals surface area contributed by atoms with Crippen LogP contribution in [0.4, 0.5) is 0 Å². The van der Waals surface area contributed by atoms with E-state index in [1.54, 1.807) is 42.5 Å². The lowest BCUT2D eigenvalue weighted by atomic mass is 10.1. The van der Waals surface area contributed by atoms with Gasteiger partial charge in [-0.25, -0.2) is 4.79 Å². The molecule has 166 valence electrons. The molecule has 1 N–H and O–H groups in total. The monoisotopic (exact) mass is 459 g/mol. The molecule has 1 aliphatic rings. The van der Waals surface area contributed by atoms with E-state index in [0.29, 0.717) is 15.9 Å². The van der Waals surface area contributed by atoms with Gasteiger partial charge in [-0.15, -0.1) is 0 Å². The Morgan fingerprint density at radius 3 is 2.61 bits per heavy atom. The van der Waals surface area contributed by atoms with Crippen LogP contribution in [-0.4, -0.2) is 15.0 Å². The van der Waals surface area contributed by atoms with Crippen LogP contribution in [0, 0.1) is 0 Å². The number of hydrogen-bond acceptors (Lipinski definition) is 3. The normalized spacial score (nSPS) is 14.9. The highest BCUT2D eigenvalue weighted by molar-refractivity contribution is 6.30. The molecule has 0 saturated heterocycles. The standard InChI is InChI=1S/C26H22ClN3O3/c27-19-8-5-6-17(14-19)15-30-25(32)21-10-3-4-11-23(21)29(26(30)33)16-24(31)28-22-13-12-18-7-1-2-9-20(18)22/h1-11,14,22H,12-13,15-16H2,(H,28,31)/t22-/m0/s1. The number of carbonyl (C=O) groups excluding carboxylic acids is 1. The molecule has 1 aromatic heterocycles. The molecule has 4 aromatic rings. The second kappa shape index (κ2) is 8.71. The van der Waals surface area contributed by atoms with Crippen LogP contribution in [0.25, 0.3) is 10.9 Å². The average Bonchev–Trinajstić information content (AvgIpc) is 3.22. The first kappa shape index (κ1) is 21.2. The lowest BCUT2D eigenvalue weighted by Crippen LogP contribution is -2.43. The summed E-state index contributed by atoms with van der Waals surface area (Å²) in [5, 5.41) is 3.98. The molecule has 1 heterocycles. The van der Waals surface area contributed by atoms with E-state index >= 15 is 0 Å². The quantitative estimate of drug-likeness (QED) is 0.495. The molecule has 7 heteroatoms. The third-order valence-corrected chi connectivity index (χ3v) is 6.37. The zero-order valence-electron chi connectivity index (χ0n) is 17.8. The number of halogens is 1. The minimum atomic E-state index is -0.527. The molecule has 1 atom stereocenters. The summed E-state index contributed by atoms with van der Waals surface area (Å²) in [5.41, 5.74) is 2.61. The van der Waals surface area contributed by atoms with Gasteiger partial charge in [0.1, 0.15) is 6.54 Å². The Balaban J connectivity index is 1.50. The highest BCUT2D eigenvalue weighted by Crippen LogP contribution is 2.30. The van der Waals surface area contributed by atoms with Gasteiger partial charge in [0.25, 0.3) is 5.56 Å². The van der Waals surface area contributed by atoms with Gasteiger partial charge in [-0.2, -0.15) is 0 Å². The number of carbonyl (C=O) groups is 1. The highest BCUT2D eigenvalue weighted by atomic mass is 35.5. The van der Waals surface area contributed by atoms with Gasteiger partial charge in [0.2, 0.25) is 5.91 Å². The van der Waals surface area contributed by atoms with E-state index < -0.39 is 11.2 Å². The van der Waals surface area contributed by atoms with Crippen LogP contribution in [0.5, 0.6) is 0 Å². The summed E-state index contributed by atoms with van der Waals surface area (Å²) in [6.07, 6.45) is 1.74. The minimum Gasteiger partial charge on any atom is -0.348 e. The number of nitrogens with zero attached hydrogens (tertiary/aromatic N) is 2. The van der Waals surface area contributed by atoms with Crippen molar-refractivity contribution in [2.45, 2.75) is 32.0 Å². The van der Waals surface area contributed by atoms with Crippen molar-refractivity contribution in [1.82, 2.24) is 14.5 Å². The molecule has 0 spiro atoms. The summed E-state index contributed by atoms with van der Waals surface area (Å²) in [6.45, 7) is -0.103. The summed E-state index contributed by atoms with van der Waals surface area (Å²) in [7, 11) is 0. The fourth-order valence-corrected chi connectivity index (χ4v) is 4.78. The molecule has 1 amide bonds. The first-order valence-corrected chi connectivity index (χ1v) is 11.2. The fraction of sp³-hybridized carbons (Fsp3) is 0.192. The van der Waals surface area contributed by atoms with Crippen LogP contribution in [0.15, 0.2) is 82.4 Å². The summed E-state index contributed by atoms with van der Waals surface area (Å²) in [5.74, 6) is -0.267. The smallest absolute Gasteiger partial charge is 0.332 e. The summed E-state index contributed by atoms with van der Waals surface area (Å²) in [6, 6.07) is 21.9. The van der Waals surface area contributed by atoms with E-state index in [2.05, 4.69) is 11.4 Å². The van der Waals surface area contributed by atoms with Gasteiger partial charge < -0.3 is 5.32 Å². The van der Waals surface area contributed by atoms with Gasteiger partial charge in [-0.1, -0.05) is 60.1 Å². The Morgan fingerprint density at radius 2 is 1.76 bits per heavy atom. The van der Waals surface area contributed by atoms with Crippen LogP contribution in [0.2, 0.25) is 5.02 Å². The first-order chi connectivity index (χ1) is 16.0. The molecule has 1 aliphatic carbocycles. The summed E-state index contributed by atoms with van der Waals surface area (Å²) >= 11 is 6.08. The summed E-state index contributed by atoms with van der Waals surface area (Å²) in [4.78, 5) is 39.5. The molecule has 0 unspecified atom stereocenters. The lowest BCUT2D eigenvalue weighted by molar-refractivity contribution is -0.122. The van der Waals surface area contributed by atoms with Crippen LogP contribution in [0.3, 0.4) is 0 Å². The second-order valence-corrected chi connectivity index (χ2v) is 8.70. The van der Waals surface area contributed by atoms with Crippen molar-refractivity contribution in [2.75, 3.05) is 0 Å². The maximum absolute atomic E-state index is 13.4. The topological polar surface area (TPSA) is 73.1 Å². The molecule has 33 heavy (non-hydrogen) atoms. The molecule has 3 aromatic carbocycles. The zero-order chi connectivity index (χ0) is 22.9. The van der Waals surface area contributed by atoms with Crippen molar-refractivity contribution < 1.29 is 4.79 Å². The molecule has 0 aliphatic heterocycles. The molecule has 5 rings (SSSR count). The maximum Gasteiger partial charge on any atom is 0.332 e. The van der Waals surface area contributed by atoms with E-state index in [1.807, 2.05) is 24.3 Å². The number of nitrogens with one attached hydrogen (secondary N) is 1. The largest absolute Gasteiger partial charge is 0.348 e. The number of benzene rings is 3. The molecule has 0 bridgehead atoms. The van der Waals surface area contributed by atoms with Gasteiger partial charge in [0.05, 0.1) is 23.5 Å². The number of aromatic nitrogens is 2. The van der Waals surface area contributed by atoms with Crippen LogP contribution >= 0.6 is 11.6 Å². The first-order valence-electron chi connectivity index (χ1n) is 10.9. The molecule has 0 saturated carbocycles. The van der Waals surface area contributed by atoms with E-state index in [0.717, 1.165) is 28.5 Å². The summed E-state index contributed by atoms with van der Waals surface area (Å²) < 4.78 is 2.53. The number of hydrogen-bond donors (Lipinski definition) is 1. The van der Waals surface area contributed by atoms with Gasteiger partial charge >= 0.3 is 5.69 Å². The molecular formula is C26H22ClN3O3. The SMILES string of the molecule is O=C(Cn1c(=O)n(Cc2cccc(Cl)c2)c(=O)c2ccccc21)N[C@H]1CCc2ccccc21. The van der Waals surface area contributed by atoms with Gasteiger partial charge in [0.15, 0.2) is 0 Å². The number of fused-ring (bicyclic) bond motifs is 2. The van der Waals surface area contributed by atoms with Gasteiger partial charge in [0, 0.05) is 5.02 Å². The van der Waals surface area contributed by atoms with Crippen molar-refractivity contribution in [3.63, 3.8) is 0 Å². The van der Waals surface area contributed by atoms with Crippen molar-refractivity contribution in [3.05, 3.63) is 115 Å². The van der Waals surface area contributed by atoms with Gasteiger partial charge in [-0.3, -0.25) is 18.7 Å². The van der Waals surface area contributed by atoms with Crippen LogP contribution < -0.4 is 16.6 Å². The number of para-hydroxylation sites is 1. The number of rotatable bonds is 5. The van der Waals surface area contributed by atoms with Crippen molar-refractivity contribution in [2.24, 2.45) is 0 Å². The Bertz CT molecular complexity index is 1490. The third kappa shape index (κ3) is 4.10. The van der Waals surface area contributed by atoms with Crippen molar-refractivity contribution >= 4 is 28.4 Å². The Hall–Kier alpha value is -3.64. The third-order valence-electron chi connectivity index (χ3n) is 6.13. The molecular weight excluding hydrogens is 438 g/mol. The predicted octanol–water partition coefficient (Wildman–Crippen LogP) is 3.67. The van der Waals surface area contributed by atoms with E-state index in [-0.39, 0.29) is 25.0 Å². The predicted molar refractivity (Wildman–Crippen MR) is 129 cm³/mol. The zero-order valence-corrected chi connectivity index (χ0v) is 18.6.